The molecule has 0 aromatic carbocycles. The maximum Gasteiger partial charge on any atom is 0.532 e. The van der Waals surface area contributed by atoms with Crippen LogP contribution in [-0.4, -0.2) is 54.7 Å². The molecule has 1 unspecified atom stereocenters. The molecule has 0 saturated carbocycles. The Kier molecular flexibility index (Phi) is 5.63. The van der Waals surface area contributed by atoms with Crippen LogP contribution in [-0.2, 0) is 18.0 Å². The average Bonchev–Trinajstić information content (AvgIpc) is 2.09. The van der Waals surface area contributed by atoms with Gasteiger partial charge in [-0.3, -0.25) is 0 Å². The van der Waals surface area contributed by atoms with Gasteiger partial charge in [0, 0.05) is 28.4 Å². The molecule has 6 heteroatoms. The molecule has 74 valence electrons. The van der Waals surface area contributed by atoms with Crippen molar-refractivity contribution >= 4 is 8.80 Å². The monoisotopic (exact) mass is 196 g/mol. The molecule has 0 aliphatic rings. The van der Waals surface area contributed by atoms with E-state index < -0.39 is 14.5 Å². The summed E-state index contributed by atoms with van der Waals surface area (Å²) in [5, 5.41) is 9.52. The SMILES string of the molecule is COCC(O)[Si](OC)(OC)OC. The van der Waals surface area contributed by atoms with Crippen LogP contribution in [0.2, 0.25) is 0 Å². The van der Waals surface area contributed by atoms with Crippen molar-refractivity contribution in [1.82, 2.24) is 0 Å². The van der Waals surface area contributed by atoms with E-state index in [1.165, 1.54) is 28.4 Å². The molecule has 1 atom stereocenters. The maximum absolute atomic E-state index is 9.52. The predicted molar refractivity (Wildman–Crippen MR) is 44.7 cm³/mol. The molecule has 0 rings (SSSR count). The molecule has 0 heterocycles. The Labute approximate surface area is 73.6 Å². The van der Waals surface area contributed by atoms with Crippen LogP contribution >= 0.6 is 0 Å². The van der Waals surface area contributed by atoms with Crippen molar-refractivity contribution in [2.75, 3.05) is 35.0 Å². The molecular formula is C6H16O5Si. The van der Waals surface area contributed by atoms with Crippen molar-refractivity contribution in [3.05, 3.63) is 0 Å². The van der Waals surface area contributed by atoms with Crippen molar-refractivity contribution in [2.24, 2.45) is 0 Å². The molecule has 0 amide bonds. The Hall–Kier alpha value is 0.0169. The first-order chi connectivity index (χ1) is 5.66. The van der Waals surface area contributed by atoms with Crippen molar-refractivity contribution in [3.63, 3.8) is 0 Å². The third-order valence-electron chi connectivity index (χ3n) is 1.59. The van der Waals surface area contributed by atoms with E-state index in [4.69, 9.17) is 18.0 Å². The summed E-state index contributed by atoms with van der Waals surface area (Å²) in [4.78, 5) is 0. The zero-order chi connectivity index (χ0) is 9.61. The van der Waals surface area contributed by atoms with Gasteiger partial charge < -0.3 is 23.1 Å². The number of aliphatic hydroxyl groups is 1. The van der Waals surface area contributed by atoms with Gasteiger partial charge in [-0.15, -0.1) is 0 Å². The van der Waals surface area contributed by atoms with Crippen LogP contribution in [0.3, 0.4) is 0 Å². The standard InChI is InChI=1S/C6H16O5Si/c1-8-5-6(7)12(9-2,10-3)11-4/h6-7H,5H2,1-4H3. The lowest BCUT2D eigenvalue weighted by Gasteiger charge is -2.28. The highest BCUT2D eigenvalue weighted by atomic mass is 28.4. The summed E-state index contributed by atoms with van der Waals surface area (Å²) in [7, 11) is 2.91. The van der Waals surface area contributed by atoms with Crippen LogP contribution in [0.15, 0.2) is 0 Å². The van der Waals surface area contributed by atoms with Crippen LogP contribution in [0.4, 0.5) is 0 Å². The molecule has 0 aromatic heterocycles. The van der Waals surface area contributed by atoms with Gasteiger partial charge >= 0.3 is 8.80 Å². The predicted octanol–water partition coefficient (Wildman–Crippen LogP) is -0.589. The molecule has 1 N–H and O–H groups in total. The average molecular weight is 196 g/mol. The third-order valence-corrected chi connectivity index (χ3v) is 4.28. The summed E-state index contributed by atoms with van der Waals surface area (Å²) in [6.45, 7) is 0.141. The fraction of sp³-hybridized carbons (Fsp3) is 1.00. The lowest BCUT2D eigenvalue weighted by Crippen LogP contribution is -2.56. The van der Waals surface area contributed by atoms with E-state index in [1.807, 2.05) is 0 Å². The van der Waals surface area contributed by atoms with Crippen LogP contribution in [0, 0.1) is 0 Å². The lowest BCUT2D eigenvalue weighted by molar-refractivity contribution is 0.0215. The van der Waals surface area contributed by atoms with E-state index in [2.05, 4.69) is 0 Å². The Bertz CT molecular complexity index is 108. The number of methoxy groups -OCH3 is 1. The highest BCUT2D eigenvalue weighted by Crippen LogP contribution is 2.11. The molecule has 0 bridgehead atoms. The summed E-state index contributed by atoms with van der Waals surface area (Å²) >= 11 is 0. The van der Waals surface area contributed by atoms with Gasteiger partial charge in [-0.25, -0.2) is 0 Å². The Morgan fingerprint density at radius 1 is 1.08 bits per heavy atom. The fourth-order valence-electron chi connectivity index (χ4n) is 0.918. The summed E-state index contributed by atoms with van der Waals surface area (Å²) in [5.74, 6) is 0. The van der Waals surface area contributed by atoms with Gasteiger partial charge in [0.25, 0.3) is 0 Å². The smallest absolute Gasteiger partial charge is 0.386 e. The maximum atomic E-state index is 9.52. The summed E-state index contributed by atoms with van der Waals surface area (Å²) < 4.78 is 19.8. The zero-order valence-electron chi connectivity index (χ0n) is 7.86. The molecule has 5 nitrogen and oxygen atoms in total. The topological polar surface area (TPSA) is 57.2 Å². The van der Waals surface area contributed by atoms with Crippen LogP contribution in [0.1, 0.15) is 0 Å². The quantitative estimate of drug-likeness (QED) is 0.575. The van der Waals surface area contributed by atoms with E-state index in [9.17, 15) is 5.11 Å². The number of hydrogen-bond acceptors (Lipinski definition) is 5. The van der Waals surface area contributed by atoms with E-state index in [1.54, 1.807) is 0 Å². The first-order valence-electron chi connectivity index (χ1n) is 3.49. The Balaban J connectivity index is 4.24. The number of rotatable bonds is 6. The van der Waals surface area contributed by atoms with Crippen molar-refractivity contribution in [2.45, 2.75) is 5.73 Å². The van der Waals surface area contributed by atoms with Crippen LogP contribution in [0.5, 0.6) is 0 Å². The van der Waals surface area contributed by atoms with Gasteiger partial charge in [-0.05, 0) is 0 Å². The molecule has 0 saturated heterocycles. The first-order valence-corrected chi connectivity index (χ1v) is 5.29. The van der Waals surface area contributed by atoms with E-state index in [0.29, 0.717) is 0 Å². The largest absolute Gasteiger partial charge is 0.532 e. The highest BCUT2D eigenvalue weighted by molar-refractivity contribution is 6.62. The second kappa shape index (κ2) is 5.63. The van der Waals surface area contributed by atoms with Gasteiger partial charge in [0.15, 0.2) is 0 Å². The number of hydrogen-bond donors (Lipinski definition) is 1. The molecule has 0 aromatic rings. The lowest BCUT2D eigenvalue weighted by atomic mass is 10.8. The number of aliphatic hydroxyl groups excluding tert-OH is 1. The van der Waals surface area contributed by atoms with Gasteiger partial charge in [0.1, 0.15) is 5.73 Å². The van der Waals surface area contributed by atoms with E-state index in [0.717, 1.165) is 0 Å². The summed E-state index contributed by atoms with van der Waals surface area (Å²) in [6, 6.07) is 0. The van der Waals surface area contributed by atoms with Gasteiger partial charge in [0.2, 0.25) is 0 Å². The molecule has 12 heavy (non-hydrogen) atoms. The zero-order valence-corrected chi connectivity index (χ0v) is 8.86. The van der Waals surface area contributed by atoms with E-state index >= 15 is 0 Å². The molecule has 0 aliphatic carbocycles. The molecule has 0 radical (unpaired) electrons. The molecule has 0 aliphatic heterocycles. The van der Waals surface area contributed by atoms with Gasteiger partial charge in [-0.2, -0.15) is 0 Å². The van der Waals surface area contributed by atoms with E-state index in [-0.39, 0.29) is 6.61 Å². The molecule has 0 fully saturated rings. The first kappa shape index (κ1) is 12.0. The minimum Gasteiger partial charge on any atom is -0.386 e. The third kappa shape index (κ3) is 2.51. The Morgan fingerprint density at radius 2 is 1.50 bits per heavy atom. The van der Waals surface area contributed by atoms with Crippen molar-refractivity contribution < 1.29 is 23.1 Å². The number of ether oxygens (including phenoxy) is 1. The Morgan fingerprint density at radius 3 is 1.75 bits per heavy atom. The fourth-order valence-corrected chi connectivity index (χ4v) is 2.61. The normalized spacial score (nSPS) is 14.8. The molecule has 0 spiro atoms. The molecular weight excluding hydrogens is 180 g/mol. The van der Waals surface area contributed by atoms with Crippen LogP contribution < -0.4 is 0 Å². The second-order valence-electron chi connectivity index (χ2n) is 2.19. The summed E-state index contributed by atoms with van der Waals surface area (Å²) in [6.07, 6.45) is 0. The van der Waals surface area contributed by atoms with Gasteiger partial charge in [0.05, 0.1) is 6.61 Å². The van der Waals surface area contributed by atoms with Crippen molar-refractivity contribution in [1.29, 1.82) is 0 Å². The highest BCUT2D eigenvalue weighted by Gasteiger charge is 2.46. The second-order valence-corrected chi connectivity index (χ2v) is 5.29. The summed E-state index contributed by atoms with van der Waals surface area (Å²) in [5.41, 5.74) is -0.845. The minimum absolute atomic E-state index is 0.141. The van der Waals surface area contributed by atoms with Crippen molar-refractivity contribution in [3.8, 4) is 0 Å². The minimum atomic E-state index is -2.91. The van der Waals surface area contributed by atoms with Crippen LogP contribution in [0.25, 0.3) is 0 Å². The van der Waals surface area contributed by atoms with Gasteiger partial charge in [-0.1, -0.05) is 0 Å².